The van der Waals surface area contributed by atoms with Gasteiger partial charge >= 0.3 is 5.76 Å². The van der Waals surface area contributed by atoms with E-state index in [4.69, 9.17) is 5.73 Å². The van der Waals surface area contributed by atoms with Crippen LogP contribution in [-0.2, 0) is 9.84 Å². The van der Waals surface area contributed by atoms with E-state index in [9.17, 15) is 17.2 Å². The van der Waals surface area contributed by atoms with E-state index in [2.05, 4.69) is 0 Å². The van der Waals surface area contributed by atoms with Crippen molar-refractivity contribution in [2.75, 3.05) is 18.0 Å². The highest BCUT2D eigenvalue weighted by molar-refractivity contribution is 7.91. The van der Waals surface area contributed by atoms with Crippen molar-refractivity contribution in [2.45, 2.75) is 29.5 Å². The lowest BCUT2D eigenvalue weighted by atomic mass is 10.1. The Morgan fingerprint density at radius 1 is 1.32 bits per heavy atom. The van der Waals surface area contributed by atoms with Crippen LogP contribution in [0.5, 0.6) is 0 Å². The first-order valence-corrected chi connectivity index (χ1v) is 7.59. The zero-order chi connectivity index (χ0) is 14.0. The van der Waals surface area contributed by atoms with E-state index >= 15 is 0 Å². The van der Waals surface area contributed by atoms with Gasteiger partial charge in [-0.3, -0.25) is 0 Å². The van der Waals surface area contributed by atoms with E-state index in [0.717, 1.165) is 12.8 Å². The van der Waals surface area contributed by atoms with E-state index in [0.29, 0.717) is 18.8 Å². The van der Waals surface area contributed by atoms with Crippen molar-refractivity contribution in [3.63, 3.8) is 0 Å². The maximum absolute atomic E-state index is 12.7. The summed E-state index contributed by atoms with van der Waals surface area (Å²) in [5.41, 5.74) is 6.16. The van der Waals surface area contributed by atoms with Gasteiger partial charge in [0.25, 0.3) is 0 Å². The molecule has 1 fully saturated rings. The Morgan fingerprint density at radius 3 is 2.63 bits per heavy atom. The first-order valence-electron chi connectivity index (χ1n) is 6.04. The standard InChI is InChI=1S/C12H16F2N2O2S/c13-12(14)19(17,18)11-6-2-1-5-10(11)16-7-3-4-9(15)8-16/h1-2,5-6,9,12H,3-4,7-8,15H2/t9-/m1/s1. The van der Waals surface area contributed by atoms with Crippen LogP contribution in [0.25, 0.3) is 0 Å². The topological polar surface area (TPSA) is 63.4 Å². The second-order valence-corrected chi connectivity index (χ2v) is 6.51. The van der Waals surface area contributed by atoms with Gasteiger partial charge in [-0.25, -0.2) is 8.42 Å². The Hall–Kier alpha value is -1.21. The van der Waals surface area contributed by atoms with Gasteiger partial charge in [0.15, 0.2) is 0 Å². The van der Waals surface area contributed by atoms with Crippen LogP contribution in [0.15, 0.2) is 29.2 Å². The molecule has 1 saturated heterocycles. The van der Waals surface area contributed by atoms with Crippen LogP contribution in [0.2, 0.25) is 0 Å². The highest BCUT2D eigenvalue weighted by atomic mass is 32.2. The van der Waals surface area contributed by atoms with Gasteiger partial charge in [-0.05, 0) is 25.0 Å². The summed E-state index contributed by atoms with van der Waals surface area (Å²) in [6, 6.07) is 5.79. The van der Waals surface area contributed by atoms with Crippen LogP contribution in [0.4, 0.5) is 14.5 Å². The molecule has 0 unspecified atom stereocenters. The summed E-state index contributed by atoms with van der Waals surface area (Å²) >= 11 is 0. The van der Waals surface area contributed by atoms with E-state index in [1.807, 2.05) is 0 Å². The summed E-state index contributed by atoms with van der Waals surface area (Å²) in [5, 5.41) is 0. The summed E-state index contributed by atoms with van der Waals surface area (Å²) in [6.45, 7) is 1.11. The molecule has 0 bridgehead atoms. The lowest BCUT2D eigenvalue weighted by molar-refractivity contribution is 0.234. The molecule has 7 heteroatoms. The van der Waals surface area contributed by atoms with Crippen LogP contribution < -0.4 is 10.6 Å². The molecule has 2 N–H and O–H groups in total. The summed E-state index contributed by atoms with van der Waals surface area (Å²) in [6.07, 6.45) is 1.69. The molecule has 0 spiro atoms. The molecule has 1 aliphatic heterocycles. The lowest BCUT2D eigenvalue weighted by Crippen LogP contribution is -2.43. The van der Waals surface area contributed by atoms with Gasteiger partial charge < -0.3 is 10.6 Å². The molecule has 1 atom stereocenters. The van der Waals surface area contributed by atoms with Gasteiger partial charge in [-0.2, -0.15) is 8.78 Å². The second kappa shape index (κ2) is 5.42. The minimum Gasteiger partial charge on any atom is -0.369 e. The predicted octanol–water partition coefficient (Wildman–Crippen LogP) is 1.61. The highest BCUT2D eigenvalue weighted by Crippen LogP contribution is 2.30. The van der Waals surface area contributed by atoms with Gasteiger partial charge in [0, 0.05) is 19.1 Å². The number of nitrogens with zero attached hydrogens (tertiary/aromatic N) is 1. The number of hydrogen-bond donors (Lipinski definition) is 1. The van der Waals surface area contributed by atoms with E-state index < -0.39 is 15.6 Å². The first-order chi connectivity index (χ1) is 8.93. The highest BCUT2D eigenvalue weighted by Gasteiger charge is 2.31. The summed E-state index contributed by atoms with van der Waals surface area (Å²) in [4.78, 5) is 1.45. The normalized spacial score (nSPS) is 20.8. The van der Waals surface area contributed by atoms with E-state index in [-0.39, 0.29) is 10.9 Å². The number of piperidine rings is 1. The SMILES string of the molecule is N[C@@H]1CCCN(c2ccccc2S(=O)(=O)C(F)F)C1. The molecule has 1 aromatic carbocycles. The summed E-state index contributed by atoms with van der Waals surface area (Å²) < 4.78 is 48.7. The van der Waals surface area contributed by atoms with Crippen LogP contribution in [-0.4, -0.2) is 33.3 Å². The Labute approximate surface area is 111 Å². The monoisotopic (exact) mass is 290 g/mol. The fraction of sp³-hybridized carbons (Fsp3) is 0.500. The molecule has 106 valence electrons. The number of anilines is 1. The molecule has 1 aliphatic rings. The number of hydrogen-bond acceptors (Lipinski definition) is 4. The minimum atomic E-state index is -4.59. The number of alkyl halides is 2. The zero-order valence-electron chi connectivity index (χ0n) is 10.3. The Morgan fingerprint density at radius 2 is 2.00 bits per heavy atom. The van der Waals surface area contributed by atoms with Crippen LogP contribution in [0.1, 0.15) is 12.8 Å². The van der Waals surface area contributed by atoms with Crippen molar-refractivity contribution in [2.24, 2.45) is 5.73 Å². The molecular formula is C12H16F2N2O2S. The van der Waals surface area contributed by atoms with Gasteiger partial charge in [-0.15, -0.1) is 0 Å². The number of nitrogens with two attached hydrogens (primary N) is 1. The average molecular weight is 290 g/mol. The fourth-order valence-electron chi connectivity index (χ4n) is 2.28. The molecule has 19 heavy (non-hydrogen) atoms. The number of sulfone groups is 1. The van der Waals surface area contributed by atoms with Crippen LogP contribution in [0.3, 0.4) is 0 Å². The summed E-state index contributed by atoms with van der Waals surface area (Å²) in [7, 11) is -4.59. The molecule has 1 heterocycles. The Balaban J connectivity index is 2.42. The fourth-order valence-corrected chi connectivity index (χ4v) is 3.23. The molecule has 4 nitrogen and oxygen atoms in total. The van der Waals surface area contributed by atoms with Gasteiger partial charge in [0.1, 0.15) is 0 Å². The smallest absolute Gasteiger partial charge is 0.341 e. The Bertz CT molecular complexity index is 548. The Kier molecular flexibility index (Phi) is 4.05. The number of halogens is 2. The number of para-hydroxylation sites is 1. The third-order valence-electron chi connectivity index (χ3n) is 3.20. The predicted molar refractivity (Wildman–Crippen MR) is 69.1 cm³/mol. The largest absolute Gasteiger partial charge is 0.369 e. The quantitative estimate of drug-likeness (QED) is 0.918. The van der Waals surface area contributed by atoms with Gasteiger partial charge in [0.2, 0.25) is 9.84 Å². The molecule has 0 aromatic heterocycles. The van der Waals surface area contributed by atoms with Crippen molar-refractivity contribution >= 4 is 15.5 Å². The third-order valence-corrected chi connectivity index (χ3v) is 4.63. The molecule has 2 rings (SSSR count). The van der Waals surface area contributed by atoms with Crippen molar-refractivity contribution in [1.82, 2.24) is 0 Å². The second-order valence-electron chi connectivity index (χ2n) is 4.62. The van der Waals surface area contributed by atoms with Gasteiger partial charge in [-0.1, -0.05) is 12.1 Å². The summed E-state index contributed by atoms with van der Waals surface area (Å²) in [5.74, 6) is -3.41. The number of benzene rings is 1. The average Bonchev–Trinajstić information content (AvgIpc) is 2.38. The molecule has 0 aliphatic carbocycles. The van der Waals surface area contributed by atoms with Crippen molar-refractivity contribution in [1.29, 1.82) is 0 Å². The van der Waals surface area contributed by atoms with Crippen molar-refractivity contribution in [3.05, 3.63) is 24.3 Å². The van der Waals surface area contributed by atoms with Crippen molar-refractivity contribution in [3.8, 4) is 0 Å². The maximum atomic E-state index is 12.7. The number of rotatable bonds is 3. The van der Waals surface area contributed by atoms with Gasteiger partial charge in [0.05, 0.1) is 10.6 Å². The van der Waals surface area contributed by atoms with Crippen LogP contribution >= 0.6 is 0 Å². The maximum Gasteiger partial charge on any atom is 0.341 e. The molecular weight excluding hydrogens is 274 g/mol. The zero-order valence-corrected chi connectivity index (χ0v) is 11.1. The lowest BCUT2D eigenvalue weighted by Gasteiger charge is -2.33. The molecule has 0 amide bonds. The molecule has 0 saturated carbocycles. The third kappa shape index (κ3) is 2.87. The van der Waals surface area contributed by atoms with Crippen LogP contribution in [0, 0.1) is 0 Å². The molecule has 0 radical (unpaired) electrons. The van der Waals surface area contributed by atoms with Crippen molar-refractivity contribution < 1.29 is 17.2 Å². The van der Waals surface area contributed by atoms with E-state index in [1.54, 1.807) is 17.0 Å². The molecule has 1 aromatic rings. The first kappa shape index (κ1) is 14.2. The van der Waals surface area contributed by atoms with E-state index in [1.165, 1.54) is 12.1 Å². The minimum absolute atomic E-state index is 0.0592.